The number of nitrogens with one attached hydrogen (secondary N) is 2. The minimum absolute atomic E-state index is 0.282. The van der Waals surface area contributed by atoms with Gasteiger partial charge in [0.2, 0.25) is 0 Å². The molecule has 0 aliphatic heterocycles. The van der Waals surface area contributed by atoms with Gasteiger partial charge in [0.25, 0.3) is 0 Å². The first-order valence-corrected chi connectivity index (χ1v) is 7.20. The topological polar surface area (TPSA) is 63.2 Å². The predicted octanol–water partition coefficient (Wildman–Crippen LogP) is 3.01. The zero-order chi connectivity index (χ0) is 15.9. The Hall–Kier alpha value is -2.18. The molecule has 0 aliphatic rings. The Morgan fingerprint density at radius 1 is 1.41 bits per heavy atom. The number of esters is 1. The number of benzene rings is 1. The van der Waals surface area contributed by atoms with Gasteiger partial charge in [-0.05, 0) is 42.0 Å². The van der Waals surface area contributed by atoms with Crippen molar-refractivity contribution in [1.82, 2.24) is 10.3 Å². The first-order valence-electron chi connectivity index (χ1n) is 6.42. The molecule has 0 spiro atoms. The van der Waals surface area contributed by atoms with Crippen LogP contribution >= 0.6 is 23.8 Å². The average molecular weight is 336 g/mol. The minimum atomic E-state index is -0.497. The van der Waals surface area contributed by atoms with Crippen LogP contribution in [-0.2, 0) is 11.3 Å². The van der Waals surface area contributed by atoms with Crippen molar-refractivity contribution < 1.29 is 9.53 Å². The number of ether oxygens (including phenoxy) is 1. The van der Waals surface area contributed by atoms with Crippen molar-refractivity contribution in [2.45, 2.75) is 6.54 Å². The van der Waals surface area contributed by atoms with Gasteiger partial charge in [0.15, 0.2) is 5.11 Å². The Labute approximate surface area is 138 Å². The van der Waals surface area contributed by atoms with E-state index in [1.54, 1.807) is 30.6 Å². The lowest BCUT2D eigenvalue weighted by molar-refractivity contribution is 0.0601. The fraction of sp³-hybridized carbons (Fsp3) is 0.133. The van der Waals surface area contributed by atoms with Crippen LogP contribution in [0.2, 0.25) is 5.02 Å². The third-order valence-electron chi connectivity index (χ3n) is 2.81. The van der Waals surface area contributed by atoms with Crippen molar-refractivity contribution in [3.63, 3.8) is 0 Å². The number of methoxy groups -OCH3 is 1. The number of halogens is 1. The summed E-state index contributed by atoms with van der Waals surface area (Å²) in [7, 11) is 1.30. The van der Waals surface area contributed by atoms with Crippen LogP contribution in [0.25, 0.3) is 0 Å². The maximum atomic E-state index is 11.6. The van der Waals surface area contributed by atoms with Gasteiger partial charge in [-0.25, -0.2) is 4.79 Å². The number of aromatic nitrogens is 1. The lowest BCUT2D eigenvalue weighted by Crippen LogP contribution is -2.28. The van der Waals surface area contributed by atoms with Crippen molar-refractivity contribution in [2.24, 2.45) is 0 Å². The molecule has 2 aromatic rings. The van der Waals surface area contributed by atoms with Gasteiger partial charge >= 0.3 is 5.97 Å². The zero-order valence-corrected chi connectivity index (χ0v) is 13.4. The van der Waals surface area contributed by atoms with Crippen LogP contribution < -0.4 is 10.6 Å². The van der Waals surface area contributed by atoms with Gasteiger partial charge in [0.05, 0.1) is 17.7 Å². The molecule has 22 heavy (non-hydrogen) atoms. The van der Waals surface area contributed by atoms with Crippen LogP contribution in [0, 0.1) is 0 Å². The summed E-state index contributed by atoms with van der Waals surface area (Å²) in [6.07, 6.45) is 3.47. The maximum absolute atomic E-state index is 11.6. The van der Waals surface area contributed by atoms with E-state index in [9.17, 15) is 4.79 Å². The summed E-state index contributed by atoms with van der Waals surface area (Å²) in [6.45, 7) is 0.553. The highest BCUT2D eigenvalue weighted by Gasteiger charge is 2.11. The van der Waals surface area contributed by atoms with E-state index in [-0.39, 0.29) is 5.56 Å². The molecule has 0 bridgehead atoms. The van der Waals surface area contributed by atoms with Crippen LogP contribution in [0.5, 0.6) is 0 Å². The van der Waals surface area contributed by atoms with Gasteiger partial charge in [-0.1, -0.05) is 17.7 Å². The lowest BCUT2D eigenvalue weighted by atomic mass is 10.2. The van der Waals surface area contributed by atoms with Crippen LogP contribution in [0.3, 0.4) is 0 Å². The molecule has 0 radical (unpaired) electrons. The predicted molar refractivity (Wildman–Crippen MR) is 90.1 cm³/mol. The Bertz CT molecular complexity index is 680. The molecular formula is C15H14ClN3O2S. The van der Waals surface area contributed by atoms with E-state index >= 15 is 0 Å². The Morgan fingerprint density at radius 2 is 2.23 bits per heavy atom. The summed E-state index contributed by atoms with van der Waals surface area (Å²) in [5, 5.41) is 6.81. The van der Waals surface area contributed by atoms with Crippen LogP contribution in [0.1, 0.15) is 15.9 Å². The lowest BCUT2D eigenvalue weighted by Gasteiger charge is -2.11. The molecule has 0 saturated heterocycles. The zero-order valence-electron chi connectivity index (χ0n) is 11.8. The summed E-state index contributed by atoms with van der Waals surface area (Å²) in [6, 6.07) is 8.73. The van der Waals surface area contributed by atoms with E-state index in [1.807, 2.05) is 12.1 Å². The number of carbonyl (C=O) groups is 1. The Morgan fingerprint density at radius 3 is 2.91 bits per heavy atom. The summed E-state index contributed by atoms with van der Waals surface area (Å²) in [5.41, 5.74) is 1.94. The van der Waals surface area contributed by atoms with Gasteiger partial charge in [-0.3, -0.25) is 4.98 Å². The number of hydrogen-bond donors (Lipinski definition) is 2. The van der Waals surface area contributed by atoms with Crippen LogP contribution in [-0.4, -0.2) is 23.2 Å². The van der Waals surface area contributed by atoms with Gasteiger partial charge in [-0.15, -0.1) is 0 Å². The second-order valence-corrected chi connectivity index (χ2v) is 5.17. The number of pyridine rings is 1. The number of rotatable bonds is 4. The van der Waals surface area contributed by atoms with E-state index in [0.717, 1.165) is 5.56 Å². The number of nitrogens with zero attached hydrogens (tertiary/aromatic N) is 1. The first kappa shape index (κ1) is 16.2. The van der Waals surface area contributed by atoms with E-state index < -0.39 is 5.97 Å². The van der Waals surface area contributed by atoms with Crippen LogP contribution in [0.15, 0.2) is 42.7 Å². The Balaban J connectivity index is 1.98. The van der Waals surface area contributed by atoms with Gasteiger partial charge in [-0.2, -0.15) is 0 Å². The molecule has 114 valence electrons. The van der Waals surface area contributed by atoms with E-state index in [0.29, 0.717) is 22.4 Å². The quantitative estimate of drug-likeness (QED) is 0.661. The van der Waals surface area contributed by atoms with Gasteiger partial charge < -0.3 is 15.4 Å². The fourth-order valence-corrected chi connectivity index (χ4v) is 2.11. The molecular weight excluding hydrogens is 322 g/mol. The van der Waals surface area contributed by atoms with E-state index in [1.165, 1.54) is 7.11 Å². The molecule has 5 nitrogen and oxygen atoms in total. The summed E-state index contributed by atoms with van der Waals surface area (Å²) < 4.78 is 4.68. The van der Waals surface area contributed by atoms with Crippen molar-refractivity contribution in [3.05, 3.63) is 58.9 Å². The highest BCUT2D eigenvalue weighted by atomic mass is 35.5. The number of anilines is 1. The third kappa shape index (κ3) is 4.41. The molecule has 1 aromatic heterocycles. The highest BCUT2D eigenvalue weighted by molar-refractivity contribution is 7.80. The van der Waals surface area contributed by atoms with Crippen LogP contribution in [0.4, 0.5) is 5.69 Å². The molecule has 0 unspecified atom stereocenters. The van der Waals surface area contributed by atoms with Gasteiger partial charge in [0.1, 0.15) is 0 Å². The number of hydrogen-bond acceptors (Lipinski definition) is 4. The Kier molecular flexibility index (Phi) is 5.68. The summed E-state index contributed by atoms with van der Waals surface area (Å²) in [5.74, 6) is -0.497. The first-order chi connectivity index (χ1) is 10.6. The van der Waals surface area contributed by atoms with E-state index in [4.69, 9.17) is 23.8 Å². The maximum Gasteiger partial charge on any atom is 0.339 e. The minimum Gasteiger partial charge on any atom is -0.465 e. The van der Waals surface area contributed by atoms with Crippen molar-refractivity contribution in [2.75, 3.05) is 12.4 Å². The number of thiocarbonyl (C=S) groups is 1. The average Bonchev–Trinajstić information content (AvgIpc) is 2.55. The standard InChI is InChI=1S/C15H14ClN3O2S/c1-21-14(20)12-7-11(4-5-13(12)16)19-15(22)18-9-10-3-2-6-17-8-10/h2-8H,9H2,1H3,(H2,18,19,22). The van der Waals surface area contributed by atoms with Crippen molar-refractivity contribution >= 4 is 40.6 Å². The van der Waals surface area contributed by atoms with Crippen molar-refractivity contribution in [3.8, 4) is 0 Å². The SMILES string of the molecule is COC(=O)c1cc(NC(=S)NCc2cccnc2)ccc1Cl. The van der Waals surface area contributed by atoms with E-state index in [2.05, 4.69) is 20.4 Å². The second kappa shape index (κ2) is 7.72. The normalized spacial score (nSPS) is 9.91. The largest absolute Gasteiger partial charge is 0.465 e. The smallest absolute Gasteiger partial charge is 0.339 e. The molecule has 0 atom stereocenters. The molecule has 7 heteroatoms. The molecule has 0 aliphatic carbocycles. The number of carbonyl (C=O) groups excluding carboxylic acids is 1. The second-order valence-electron chi connectivity index (χ2n) is 4.36. The molecule has 0 fully saturated rings. The summed E-state index contributed by atoms with van der Waals surface area (Å²) >= 11 is 11.2. The molecule has 1 aromatic carbocycles. The molecule has 2 rings (SSSR count). The molecule has 2 N–H and O–H groups in total. The van der Waals surface area contributed by atoms with Gasteiger partial charge in [0, 0.05) is 24.6 Å². The molecule has 0 amide bonds. The third-order valence-corrected chi connectivity index (χ3v) is 3.38. The fourth-order valence-electron chi connectivity index (χ4n) is 1.73. The van der Waals surface area contributed by atoms with Crippen molar-refractivity contribution in [1.29, 1.82) is 0 Å². The highest BCUT2D eigenvalue weighted by Crippen LogP contribution is 2.21. The molecule has 0 saturated carbocycles. The molecule has 1 heterocycles. The summed E-state index contributed by atoms with van der Waals surface area (Å²) in [4.78, 5) is 15.6. The monoisotopic (exact) mass is 335 g/mol.